The minimum Gasteiger partial charge on any atom is -0.292 e. The van der Waals surface area contributed by atoms with Crippen molar-refractivity contribution in [3.8, 4) is 39.3 Å². The summed E-state index contributed by atoms with van der Waals surface area (Å²) in [6.07, 6.45) is 0. The highest BCUT2D eigenvalue weighted by Crippen LogP contribution is 2.49. The summed E-state index contributed by atoms with van der Waals surface area (Å²) in [6, 6.07) is 61.3. The first-order chi connectivity index (χ1) is 23.8. The van der Waals surface area contributed by atoms with Gasteiger partial charge in [0, 0.05) is 31.4 Å². The minimum atomic E-state index is 0.946. The zero-order valence-corrected chi connectivity index (χ0v) is 26.8. The molecule has 2 heterocycles. The van der Waals surface area contributed by atoms with Crippen LogP contribution in [0.1, 0.15) is 0 Å². The van der Waals surface area contributed by atoms with Gasteiger partial charge >= 0.3 is 0 Å². The van der Waals surface area contributed by atoms with Crippen LogP contribution < -0.4 is 0 Å². The maximum absolute atomic E-state index is 5.39. The van der Waals surface area contributed by atoms with Crippen LogP contribution in [0.3, 0.4) is 0 Å². The fourth-order valence-corrected chi connectivity index (χ4v) is 8.67. The number of nitrogens with zero attached hydrogens (tertiary/aromatic N) is 2. The molecule has 0 unspecified atom stereocenters. The summed E-state index contributed by atoms with van der Waals surface area (Å²) in [7, 11) is 0. The Morgan fingerprint density at radius 3 is 1.92 bits per heavy atom. The molecule has 0 saturated heterocycles. The van der Waals surface area contributed by atoms with Gasteiger partial charge in [-0.1, -0.05) is 127 Å². The summed E-state index contributed by atoms with van der Waals surface area (Å²) < 4.78 is 4.95. The molecule has 0 saturated carbocycles. The van der Waals surface area contributed by atoms with Crippen molar-refractivity contribution in [1.29, 1.82) is 0 Å². The number of hydrogen-bond acceptors (Lipinski definition) is 2. The lowest BCUT2D eigenvalue weighted by Gasteiger charge is -2.20. The number of rotatable bonds is 4. The number of fused-ring (bicyclic) bond motifs is 6. The minimum absolute atomic E-state index is 0.946. The molecule has 48 heavy (non-hydrogen) atoms. The predicted octanol–water partition coefficient (Wildman–Crippen LogP) is 12.7. The lowest BCUT2D eigenvalue weighted by atomic mass is 9.85. The Hall–Kier alpha value is -6.03. The Bertz CT molecular complexity index is 2830. The number of hydrogen-bond donors (Lipinski definition) is 0. The van der Waals surface area contributed by atoms with Gasteiger partial charge < -0.3 is 0 Å². The van der Waals surface area contributed by atoms with E-state index in [1.807, 2.05) is 11.3 Å². The highest BCUT2D eigenvalue weighted by atomic mass is 32.1. The van der Waals surface area contributed by atoms with Crippen LogP contribution in [-0.2, 0) is 0 Å². The van der Waals surface area contributed by atoms with E-state index in [1.165, 1.54) is 64.0 Å². The van der Waals surface area contributed by atoms with Crippen LogP contribution in [0.4, 0.5) is 0 Å². The van der Waals surface area contributed by atoms with E-state index in [0.29, 0.717) is 0 Å². The highest BCUT2D eigenvalue weighted by molar-refractivity contribution is 7.25. The molecule has 3 heteroatoms. The van der Waals surface area contributed by atoms with Gasteiger partial charge in [-0.15, -0.1) is 11.3 Å². The second-order valence-corrected chi connectivity index (χ2v) is 13.4. The monoisotopic (exact) mass is 628 g/mol. The van der Waals surface area contributed by atoms with E-state index in [0.717, 1.165) is 28.1 Å². The third-order valence-corrected chi connectivity index (χ3v) is 10.7. The molecule has 0 fully saturated rings. The first-order valence-electron chi connectivity index (χ1n) is 16.3. The van der Waals surface area contributed by atoms with Crippen molar-refractivity contribution in [2.24, 2.45) is 0 Å². The fourth-order valence-electron chi connectivity index (χ4n) is 7.53. The summed E-state index contributed by atoms with van der Waals surface area (Å²) in [5.41, 5.74) is 9.24. The number of para-hydroxylation sites is 3. The van der Waals surface area contributed by atoms with Crippen LogP contribution >= 0.6 is 11.3 Å². The molecular weight excluding hydrogens is 601 g/mol. The molecule has 2 nitrogen and oxygen atoms in total. The smallest absolute Gasteiger partial charge is 0.146 e. The van der Waals surface area contributed by atoms with Gasteiger partial charge in [0.1, 0.15) is 5.82 Å². The average molecular weight is 629 g/mol. The first kappa shape index (κ1) is 27.1. The van der Waals surface area contributed by atoms with E-state index in [1.54, 1.807) is 0 Å². The Morgan fingerprint density at radius 2 is 1.08 bits per heavy atom. The summed E-state index contributed by atoms with van der Waals surface area (Å²) in [6.45, 7) is 0. The van der Waals surface area contributed by atoms with Gasteiger partial charge in [-0.2, -0.15) is 0 Å². The van der Waals surface area contributed by atoms with E-state index in [2.05, 4.69) is 174 Å². The lowest BCUT2D eigenvalue weighted by Crippen LogP contribution is -2.00. The highest BCUT2D eigenvalue weighted by Gasteiger charge is 2.24. The van der Waals surface area contributed by atoms with Gasteiger partial charge in [-0.3, -0.25) is 4.57 Å². The van der Waals surface area contributed by atoms with Crippen LogP contribution in [0.5, 0.6) is 0 Å². The second kappa shape index (κ2) is 10.8. The number of benzene rings is 8. The maximum atomic E-state index is 5.39. The normalized spacial score (nSPS) is 11.8. The number of aromatic nitrogens is 2. The van der Waals surface area contributed by atoms with E-state index in [9.17, 15) is 0 Å². The van der Waals surface area contributed by atoms with Gasteiger partial charge in [0.25, 0.3) is 0 Å². The molecule has 2 aromatic heterocycles. The number of thiophene rings is 1. The standard InChI is InChI=1S/C45H28N2S/c1-3-14-29(15-4-1)30-26-27-34-37(28-30)42(36-21-13-25-41-43(36)35-20-9-12-24-40(35)48-41)32-18-7-8-19-33(32)44(34)45-46-38-22-10-11-23-39(38)47(45)31-16-5-2-6-17-31/h1-28H. The molecule has 0 radical (unpaired) electrons. The summed E-state index contributed by atoms with van der Waals surface area (Å²) in [5, 5.41) is 7.45. The molecular formula is C45H28N2S. The molecule has 0 aliphatic rings. The van der Waals surface area contributed by atoms with Crippen molar-refractivity contribution in [3.63, 3.8) is 0 Å². The quantitative estimate of drug-likeness (QED) is 0.177. The van der Waals surface area contributed by atoms with E-state index in [4.69, 9.17) is 4.98 Å². The molecule has 0 atom stereocenters. The SMILES string of the molecule is c1ccc(-c2ccc3c(-c4nc5ccccc5n4-c4ccccc4)c4ccccc4c(-c4cccc5sc6ccccc6c45)c3c2)cc1. The van der Waals surface area contributed by atoms with Crippen LogP contribution in [0.15, 0.2) is 170 Å². The predicted molar refractivity (Wildman–Crippen MR) is 205 cm³/mol. The summed E-state index contributed by atoms with van der Waals surface area (Å²) in [4.78, 5) is 5.39. The van der Waals surface area contributed by atoms with Crippen molar-refractivity contribution < 1.29 is 0 Å². The largest absolute Gasteiger partial charge is 0.292 e. The molecule has 0 aliphatic heterocycles. The van der Waals surface area contributed by atoms with Crippen LogP contribution in [0.2, 0.25) is 0 Å². The van der Waals surface area contributed by atoms with Crippen molar-refractivity contribution in [2.75, 3.05) is 0 Å². The average Bonchev–Trinajstić information content (AvgIpc) is 3.73. The maximum Gasteiger partial charge on any atom is 0.146 e. The molecule has 0 bridgehead atoms. The van der Waals surface area contributed by atoms with Crippen LogP contribution in [0.25, 0.3) is 92.1 Å². The first-order valence-corrected chi connectivity index (χ1v) is 17.1. The zero-order valence-electron chi connectivity index (χ0n) is 26.0. The third kappa shape index (κ3) is 4.08. The van der Waals surface area contributed by atoms with Gasteiger partial charge in [0.05, 0.1) is 11.0 Å². The van der Waals surface area contributed by atoms with Crippen LogP contribution in [-0.4, -0.2) is 9.55 Å². The Balaban J connectivity index is 1.40. The zero-order chi connectivity index (χ0) is 31.6. The van der Waals surface area contributed by atoms with Gasteiger partial charge in [0.2, 0.25) is 0 Å². The van der Waals surface area contributed by atoms with Gasteiger partial charge in [-0.25, -0.2) is 4.98 Å². The van der Waals surface area contributed by atoms with Crippen LogP contribution in [0, 0.1) is 0 Å². The van der Waals surface area contributed by atoms with Crippen molar-refractivity contribution in [1.82, 2.24) is 9.55 Å². The Kier molecular flexibility index (Phi) is 6.08. The molecule has 0 N–H and O–H groups in total. The van der Waals surface area contributed by atoms with Gasteiger partial charge in [-0.05, 0) is 86.3 Å². The summed E-state index contributed by atoms with van der Waals surface area (Å²) >= 11 is 1.87. The lowest BCUT2D eigenvalue weighted by molar-refractivity contribution is 1.11. The molecule has 224 valence electrons. The van der Waals surface area contributed by atoms with Crippen molar-refractivity contribution in [3.05, 3.63) is 170 Å². The van der Waals surface area contributed by atoms with Crippen molar-refractivity contribution >= 4 is 64.1 Å². The summed E-state index contributed by atoms with van der Waals surface area (Å²) in [5.74, 6) is 0.946. The molecule has 10 rings (SSSR count). The molecule has 0 aliphatic carbocycles. The Labute approximate surface area is 281 Å². The fraction of sp³-hybridized carbons (Fsp3) is 0. The third-order valence-electron chi connectivity index (χ3n) is 9.60. The molecule has 0 spiro atoms. The second-order valence-electron chi connectivity index (χ2n) is 12.3. The van der Waals surface area contributed by atoms with E-state index >= 15 is 0 Å². The number of imidazole rings is 1. The van der Waals surface area contributed by atoms with Crippen molar-refractivity contribution in [2.45, 2.75) is 0 Å². The topological polar surface area (TPSA) is 17.8 Å². The van der Waals surface area contributed by atoms with E-state index < -0.39 is 0 Å². The van der Waals surface area contributed by atoms with E-state index in [-0.39, 0.29) is 0 Å². The molecule has 0 amide bonds. The van der Waals surface area contributed by atoms with Gasteiger partial charge in [0.15, 0.2) is 0 Å². The Morgan fingerprint density at radius 1 is 0.438 bits per heavy atom. The molecule has 10 aromatic rings. The molecule has 8 aromatic carbocycles.